The molecule has 0 bridgehead atoms. The molecule has 0 spiro atoms. The van der Waals surface area contributed by atoms with Crippen LogP contribution in [0.25, 0.3) is 0 Å². The summed E-state index contributed by atoms with van der Waals surface area (Å²) in [4.78, 5) is 11.9. The van der Waals surface area contributed by atoms with Gasteiger partial charge in [0.15, 0.2) is 0 Å². The Hall–Kier alpha value is -1.75. The highest BCUT2D eigenvalue weighted by Gasteiger charge is 2.54. The van der Waals surface area contributed by atoms with E-state index in [1.807, 2.05) is 18.2 Å². The fourth-order valence-electron chi connectivity index (χ4n) is 5.55. The molecular formula is C22H30O5. The lowest BCUT2D eigenvalue weighted by Crippen LogP contribution is -2.54. The largest absolute Gasteiger partial charge is 0.497 e. The highest BCUT2D eigenvalue weighted by Crippen LogP contribution is 2.56. The third kappa shape index (κ3) is 3.31. The average molecular weight is 374 g/mol. The Bertz CT molecular complexity index is 655. The molecule has 1 unspecified atom stereocenters. The van der Waals surface area contributed by atoms with Crippen LogP contribution in [0.4, 0.5) is 0 Å². The van der Waals surface area contributed by atoms with Gasteiger partial charge in [0, 0.05) is 5.56 Å². The summed E-state index contributed by atoms with van der Waals surface area (Å²) in [5.41, 5.74) is 0.407. The highest BCUT2D eigenvalue weighted by molar-refractivity contribution is 5.72. The van der Waals surface area contributed by atoms with Crippen LogP contribution < -0.4 is 9.47 Å². The molecule has 27 heavy (non-hydrogen) atoms. The highest BCUT2D eigenvalue weighted by atomic mass is 16.7. The molecule has 2 fully saturated rings. The molecule has 1 heterocycles. The minimum atomic E-state index is -1.24. The summed E-state index contributed by atoms with van der Waals surface area (Å²) in [6.07, 6.45) is 10.3. The smallest absolute Gasteiger partial charge is 0.373 e. The molecule has 2 saturated carbocycles. The Morgan fingerprint density at radius 1 is 1.04 bits per heavy atom. The lowest BCUT2D eigenvalue weighted by Gasteiger charge is -2.52. The monoisotopic (exact) mass is 374 g/mol. The first-order valence-corrected chi connectivity index (χ1v) is 10.4. The van der Waals surface area contributed by atoms with Crippen LogP contribution in [0.3, 0.4) is 0 Å². The second kappa shape index (κ2) is 7.70. The van der Waals surface area contributed by atoms with Crippen molar-refractivity contribution in [2.75, 3.05) is 7.11 Å². The topological polar surface area (TPSA) is 65.0 Å². The molecule has 1 atom stereocenters. The Balaban J connectivity index is 1.87. The van der Waals surface area contributed by atoms with Gasteiger partial charge in [0.25, 0.3) is 6.29 Å². The third-order valence-corrected chi connectivity index (χ3v) is 6.77. The van der Waals surface area contributed by atoms with E-state index in [-0.39, 0.29) is 0 Å². The molecule has 4 rings (SSSR count). The molecule has 1 aromatic rings. The van der Waals surface area contributed by atoms with Gasteiger partial charge in [-0.2, -0.15) is 0 Å². The van der Waals surface area contributed by atoms with Crippen LogP contribution in [0.2, 0.25) is 0 Å². The van der Waals surface area contributed by atoms with E-state index in [2.05, 4.69) is 0 Å². The lowest BCUT2D eigenvalue weighted by molar-refractivity contribution is -0.252. The summed E-state index contributed by atoms with van der Waals surface area (Å²) in [6, 6.07) is 5.72. The van der Waals surface area contributed by atoms with Crippen LogP contribution in [0.1, 0.15) is 69.8 Å². The Morgan fingerprint density at radius 3 is 2.15 bits per heavy atom. The van der Waals surface area contributed by atoms with Gasteiger partial charge in [-0.25, -0.2) is 4.79 Å². The van der Waals surface area contributed by atoms with Crippen molar-refractivity contribution in [3.8, 4) is 11.5 Å². The number of benzene rings is 1. The molecular weight excluding hydrogens is 344 g/mol. The fourth-order valence-corrected chi connectivity index (χ4v) is 5.55. The molecule has 0 amide bonds. The van der Waals surface area contributed by atoms with Crippen molar-refractivity contribution in [3.05, 3.63) is 23.8 Å². The summed E-state index contributed by atoms with van der Waals surface area (Å²) >= 11 is 0. The maximum absolute atomic E-state index is 11.9. The maximum atomic E-state index is 11.9. The normalized spacial score (nSPS) is 26.0. The number of fused-ring (bicyclic) bond motifs is 1. The van der Waals surface area contributed by atoms with Crippen LogP contribution in [0.15, 0.2) is 18.2 Å². The minimum Gasteiger partial charge on any atom is -0.497 e. The van der Waals surface area contributed by atoms with Crippen molar-refractivity contribution in [1.82, 2.24) is 0 Å². The van der Waals surface area contributed by atoms with Gasteiger partial charge >= 0.3 is 5.97 Å². The Kier molecular flexibility index (Phi) is 5.31. The number of hydrogen-bond donors (Lipinski definition) is 1. The number of carboxylic acids is 1. The number of aliphatic carboxylic acids is 1. The maximum Gasteiger partial charge on any atom is 0.373 e. The zero-order valence-corrected chi connectivity index (χ0v) is 16.1. The van der Waals surface area contributed by atoms with Gasteiger partial charge in [0.1, 0.15) is 17.1 Å². The fraction of sp³-hybridized carbons (Fsp3) is 0.682. The predicted octanol–water partition coefficient (Wildman–Crippen LogP) is 4.87. The summed E-state index contributed by atoms with van der Waals surface area (Å²) in [5.74, 6) is 1.01. The number of methoxy groups -OCH3 is 1. The zero-order chi connectivity index (χ0) is 18.9. The van der Waals surface area contributed by atoms with E-state index in [0.29, 0.717) is 17.6 Å². The van der Waals surface area contributed by atoms with Crippen molar-refractivity contribution in [1.29, 1.82) is 0 Å². The molecule has 2 aliphatic carbocycles. The summed E-state index contributed by atoms with van der Waals surface area (Å²) in [6.45, 7) is 0. The van der Waals surface area contributed by atoms with E-state index in [1.165, 1.54) is 38.5 Å². The van der Waals surface area contributed by atoms with Gasteiger partial charge in [-0.1, -0.05) is 38.5 Å². The van der Waals surface area contributed by atoms with E-state index >= 15 is 0 Å². The number of carboxylic acid groups (broad SMARTS) is 1. The van der Waals surface area contributed by atoms with Crippen LogP contribution in [-0.2, 0) is 15.1 Å². The van der Waals surface area contributed by atoms with E-state index < -0.39 is 17.9 Å². The van der Waals surface area contributed by atoms with Crippen LogP contribution in [-0.4, -0.2) is 24.5 Å². The van der Waals surface area contributed by atoms with Crippen molar-refractivity contribution in [2.24, 2.45) is 11.8 Å². The molecule has 3 aliphatic rings. The molecule has 1 aromatic carbocycles. The average Bonchev–Trinajstić information content (AvgIpc) is 2.73. The first kappa shape index (κ1) is 18.6. The van der Waals surface area contributed by atoms with Crippen molar-refractivity contribution in [2.45, 2.75) is 76.1 Å². The van der Waals surface area contributed by atoms with E-state index in [1.54, 1.807) is 7.11 Å². The molecule has 0 radical (unpaired) electrons. The van der Waals surface area contributed by atoms with Crippen LogP contribution in [0.5, 0.6) is 11.5 Å². The number of rotatable bonds is 4. The van der Waals surface area contributed by atoms with Crippen LogP contribution >= 0.6 is 0 Å². The molecule has 148 valence electrons. The van der Waals surface area contributed by atoms with Gasteiger partial charge in [0.2, 0.25) is 0 Å². The zero-order valence-electron chi connectivity index (χ0n) is 16.1. The molecule has 1 aliphatic heterocycles. The first-order valence-electron chi connectivity index (χ1n) is 10.4. The molecule has 0 saturated heterocycles. The van der Waals surface area contributed by atoms with Crippen molar-refractivity contribution >= 4 is 5.97 Å². The second-order valence-electron chi connectivity index (χ2n) is 8.23. The Labute approximate surface area is 161 Å². The Morgan fingerprint density at radius 2 is 1.63 bits per heavy atom. The quantitative estimate of drug-likeness (QED) is 0.814. The van der Waals surface area contributed by atoms with E-state index in [9.17, 15) is 9.90 Å². The SMILES string of the molecule is COc1ccc2c(c1)C(C1CCCCC1)(C1CCCCC1)OC(C(=O)O)O2. The molecule has 5 heteroatoms. The standard InChI is InChI=1S/C22H30O5/c1-25-17-12-13-19-18(14-17)22(15-8-4-2-5-9-15,16-10-6-3-7-11-16)27-21(26-19)20(23)24/h12-16,21H,2-11H2,1H3,(H,23,24). The first-order chi connectivity index (χ1) is 13.1. The van der Waals surface area contributed by atoms with Gasteiger partial charge < -0.3 is 19.3 Å². The van der Waals surface area contributed by atoms with Crippen molar-refractivity contribution < 1.29 is 24.1 Å². The van der Waals surface area contributed by atoms with Gasteiger partial charge in [-0.3, -0.25) is 0 Å². The van der Waals surface area contributed by atoms with Crippen LogP contribution in [0, 0.1) is 11.8 Å². The number of ether oxygens (including phenoxy) is 3. The van der Waals surface area contributed by atoms with E-state index in [4.69, 9.17) is 14.2 Å². The van der Waals surface area contributed by atoms with Gasteiger partial charge in [-0.05, 0) is 55.7 Å². The summed E-state index contributed by atoms with van der Waals surface area (Å²) in [5, 5.41) is 9.72. The minimum absolute atomic E-state index is 0.325. The summed E-state index contributed by atoms with van der Waals surface area (Å²) < 4.78 is 17.7. The predicted molar refractivity (Wildman–Crippen MR) is 101 cm³/mol. The lowest BCUT2D eigenvalue weighted by atomic mass is 9.63. The number of hydrogen-bond acceptors (Lipinski definition) is 4. The molecule has 1 N–H and O–H groups in total. The summed E-state index contributed by atoms with van der Waals surface area (Å²) in [7, 11) is 1.66. The second-order valence-corrected chi connectivity index (χ2v) is 8.23. The van der Waals surface area contributed by atoms with Crippen molar-refractivity contribution in [3.63, 3.8) is 0 Å². The molecule has 0 aromatic heterocycles. The van der Waals surface area contributed by atoms with Gasteiger partial charge in [-0.15, -0.1) is 0 Å². The van der Waals surface area contributed by atoms with E-state index in [0.717, 1.165) is 37.0 Å². The van der Waals surface area contributed by atoms with Gasteiger partial charge in [0.05, 0.1) is 7.11 Å². The molecule has 5 nitrogen and oxygen atoms in total. The number of carbonyl (C=O) groups is 1. The third-order valence-electron chi connectivity index (χ3n) is 6.77.